The van der Waals surface area contributed by atoms with Crippen LogP contribution in [-0.4, -0.2) is 0 Å². The Morgan fingerprint density at radius 3 is 1.92 bits per heavy atom. The number of fused-ring (bicyclic) bond motifs is 11. The molecule has 2 bridgehead atoms. The molecule has 0 saturated carbocycles. The average molecular weight is 650 g/mol. The Morgan fingerprint density at radius 1 is 0.392 bits per heavy atom. The SMILES string of the molecule is Cc1c2cc3c(ccc4ccc(N(c5cccc(-c6ccccc6)c5)c5cccc6ccccc56)cc43)c1-c1ccccc1Cc1ccccc1-2. The van der Waals surface area contributed by atoms with Gasteiger partial charge in [0.05, 0.1) is 5.69 Å². The monoisotopic (exact) mass is 649 g/mol. The van der Waals surface area contributed by atoms with Gasteiger partial charge in [-0.05, 0) is 127 Å². The molecule has 0 unspecified atom stereocenters. The molecule has 51 heavy (non-hydrogen) atoms. The maximum Gasteiger partial charge on any atom is 0.0540 e. The number of anilines is 3. The molecule has 0 fully saturated rings. The van der Waals surface area contributed by atoms with Crippen molar-refractivity contribution < 1.29 is 0 Å². The maximum atomic E-state index is 2.46. The molecule has 0 atom stereocenters. The predicted molar refractivity (Wildman–Crippen MR) is 217 cm³/mol. The largest absolute Gasteiger partial charge is 0.310 e. The highest BCUT2D eigenvalue weighted by molar-refractivity contribution is 6.16. The third kappa shape index (κ3) is 4.85. The summed E-state index contributed by atoms with van der Waals surface area (Å²) in [6.45, 7) is 2.31. The van der Waals surface area contributed by atoms with Crippen molar-refractivity contribution in [1.29, 1.82) is 0 Å². The lowest BCUT2D eigenvalue weighted by molar-refractivity contribution is 1.18. The van der Waals surface area contributed by atoms with E-state index in [1.54, 1.807) is 0 Å². The van der Waals surface area contributed by atoms with E-state index in [2.05, 4.69) is 194 Å². The van der Waals surface area contributed by atoms with Gasteiger partial charge in [-0.3, -0.25) is 0 Å². The Labute approximate surface area is 298 Å². The Morgan fingerprint density at radius 2 is 1.04 bits per heavy atom. The summed E-state index contributed by atoms with van der Waals surface area (Å²) in [6, 6.07) is 67.0. The van der Waals surface area contributed by atoms with Crippen LogP contribution in [0.1, 0.15) is 16.7 Å². The highest BCUT2D eigenvalue weighted by Gasteiger charge is 2.23. The van der Waals surface area contributed by atoms with E-state index in [1.807, 2.05) is 0 Å². The zero-order chi connectivity index (χ0) is 33.9. The van der Waals surface area contributed by atoms with Crippen LogP contribution in [0.2, 0.25) is 0 Å². The molecule has 0 heterocycles. The van der Waals surface area contributed by atoms with Crippen molar-refractivity contribution in [2.75, 3.05) is 4.90 Å². The van der Waals surface area contributed by atoms with Crippen LogP contribution in [0.3, 0.4) is 0 Å². The average Bonchev–Trinajstić information content (AvgIpc) is 3.19. The van der Waals surface area contributed by atoms with Gasteiger partial charge in [0, 0.05) is 16.8 Å². The first-order valence-electron chi connectivity index (χ1n) is 17.8. The second kappa shape index (κ2) is 11.9. The zero-order valence-corrected chi connectivity index (χ0v) is 28.5. The summed E-state index contributed by atoms with van der Waals surface area (Å²) < 4.78 is 0. The van der Waals surface area contributed by atoms with Crippen LogP contribution in [0.4, 0.5) is 17.1 Å². The van der Waals surface area contributed by atoms with Gasteiger partial charge >= 0.3 is 0 Å². The molecule has 0 saturated heterocycles. The number of hydrogen-bond acceptors (Lipinski definition) is 1. The van der Waals surface area contributed by atoms with Gasteiger partial charge in [-0.1, -0.05) is 146 Å². The molecule has 0 aromatic heterocycles. The molecular weight excluding hydrogens is 615 g/mol. The number of hydrogen-bond donors (Lipinski definition) is 0. The van der Waals surface area contributed by atoms with Gasteiger partial charge in [0.25, 0.3) is 0 Å². The topological polar surface area (TPSA) is 3.24 Å². The van der Waals surface area contributed by atoms with Crippen molar-refractivity contribution in [3.05, 3.63) is 199 Å². The molecule has 9 aromatic carbocycles. The third-order valence-corrected chi connectivity index (χ3v) is 10.8. The Bertz CT molecular complexity index is 2790. The summed E-state index contributed by atoms with van der Waals surface area (Å²) in [5.41, 5.74) is 15.2. The normalized spacial score (nSPS) is 11.9. The molecule has 1 aliphatic carbocycles. The van der Waals surface area contributed by atoms with E-state index >= 15 is 0 Å². The minimum absolute atomic E-state index is 0.926. The lowest BCUT2D eigenvalue weighted by atomic mass is 9.80. The number of benzene rings is 9. The Balaban J connectivity index is 1.27. The molecule has 1 aliphatic rings. The third-order valence-electron chi connectivity index (χ3n) is 10.8. The summed E-state index contributed by atoms with van der Waals surface area (Å²) in [6.07, 6.45) is 0.926. The van der Waals surface area contributed by atoms with Crippen LogP contribution in [-0.2, 0) is 6.42 Å². The number of rotatable bonds is 4. The van der Waals surface area contributed by atoms with Crippen molar-refractivity contribution >= 4 is 49.4 Å². The molecular formula is C50H35N. The summed E-state index contributed by atoms with van der Waals surface area (Å²) in [4.78, 5) is 2.44. The van der Waals surface area contributed by atoms with Crippen LogP contribution >= 0.6 is 0 Å². The van der Waals surface area contributed by atoms with E-state index in [1.165, 1.54) is 82.4 Å². The Kier molecular flexibility index (Phi) is 6.85. The fourth-order valence-electron chi connectivity index (χ4n) is 8.41. The van der Waals surface area contributed by atoms with Gasteiger partial charge in [-0.15, -0.1) is 0 Å². The molecule has 10 rings (SSSR count). The first-order chi connectivity index (χ1) is 25.2. The van der Waals surface area contributed by atoms with E-state index in [4.69, 9.17) is 0 Å². The maximum absolute atomic E-state index is 2.46. The highest BCUT2D eigenvalue weighted by Crippen LogP contribution is 2.47. The Hall–Kier alpha value is -6.44. The molecule has 0 amide bonds. The van der Waals surface area contributed by atoms with Crippen molar-refractivity contribution in [1.82, 2.24) is 0 Å². The molecule has 0 N–H and O–H groups in total. The van der Waals surface area contributed by atoms with E-state index in [0.29, 0.717) is 0 Å². The minimum atomic E-state index is 0.926. The molecule has 9 aromatic rings. The smallest absolute Gasteiger partial charge is 0.0540 e. The van der Waals surface area contributed by atoms with Crippen molar-refractivity contribution in [2.24, 2.45) is 0 Å². The van der Waals surface area contributed by atoms with E-state index < -0.39 is 0 Å². The minimum Gasteiger partial charge on any atom is -0.310 e. The molecule has 0 radical (unpaired) electrons. The fourth-order valence-corrected chi connectivity index (χ4v) is 8.41. The molecule has 240 valence electrons. The quantitative estimate of drug-likeness (QED) is 0.172. The van der Waals surface area contributed by atoms with E-state index in [0.717, 1.165) is 23.5 Å². The van der Waals surface area contributed by atoms with Crippen LogP contribution in [0.5, 0.6) is 0 Å². The number of nitrogens with zero attached hydrogens (tertiary/aromatic N) is 1. The van der Waals surface area contributed by atoms with Gasteiger partial charge in [0.1, 0.15) is 0 Å². The van der Waals surface area contributed by atoms with Crippen LogP contribution < -0.4 is 4.90 Å². The standard InChI is InChI=1S/C50H35N/c1-33-46-32-48-45(50(33)44-23-10-7-17-39(44)29-38-16-6-8-21-42(38)46)28-26-36-25-27-41(31-47(36)48)51(49-24-12-18-35-15-5-9-22-43(35)49)40-20-11-19-37(30-40)34-13-3-2-4-14-34/h2-28,30-32H,29H2,1H3. The van der Waals surface area contributed by atoms with Gasteiger partial charge in [-0.25, -0.2) is 0 Å². The second-order valence-electron chi connectivity index (χ2n) is 13.7. The fraction of sp³-hybridized carbons (Fsp3) is 0.0400. The second-order valence-corrected chi connectivity index (χ2v) is 13.7. The van der Waals surface area contributed by atoms with Crippen molar-refractivity contribution in [3.63, 3.8) is 0 Å². The van der Waals surface area contributed by atoms with Crippen LogP contribution in [0.25, 0.3) is 65.7 Å². The van der Waals surface area contributed by atoms with E-state index in [-0.39, 0.29) is 0 Å². The van der Waals surface area contributed by atoms with Gasteiger partial charge in [-0.2, -0.15) is 0 Å². The molecule has 1 heteroatoms. The van der Waals surface area contributed by atoms with Gasteiger partial charge in [0.2, 0.25) is 0 Å². The first-order valence-corrected chi connectivity index (χ1v) is 17.8. The first kappa shape index (κ1) is 29.5. The van der Waals surface area contributed by atoms with Crippen LogP contribution in [0, 0.1) is 6.92 Å². The summed E-state index contributed by atoms with van der Waals surface area (Å²) >= 11 is 0. The molecule has 0 spiro atoms. The summed E-state index contributed by atoms with van der Waals surface area (Å²) in [5, 5.41) is 7.53. The van der Waals surface area contributed by atoms with Crippen molar-refractivity contribution in [3.8, 4) is 33.4 Å². The zero-order valence-electron chi connectivity index (χ0n) is 28.5. The van der Waals surface area contributed by atoms with Gasteiger partial charge in [0.15, 0.2) is 0 Å². The highest BCUT2D eigenvalue weighted by atomic mass is 15.1. The lowest BCUT2D eigenvalue weighted by Crippen LogP contribution is -2.10. The molecule has 1 nitrogen and oxygen atoms in total. The summed E-state index contributed by atoms with van der Waals surface area (Å²) in [7, 11) is 0. The van der Waals surface area contributed by atoms with Crippen molar-refractivity contribution in [2.45, 2.75) is 13.3 Å². The van der Waals surface area contributed by atoms with E-state index in [9.17, 15) is 0 Å². The molecule has 0 aliphatic heterocycles. The predicted octanol–water partition coefficient (Wildman–Crippen LogP) is 13.8. The lowest BCUT2D eigenvalue weighted by Gasteiger charge is -2.28. The summed E-state index contributed by atoms with van der Waals surface area (Å²) in [5.74, 6) is 0. The van der Waals surface area contributed by atoms with Gasteiger partial charge < -0.3 is 4.90 Å². The van der Waals surface area contributed by atoms with Crippen LogP contribution in [0.15, 0.2) is 182 Å².